The van der Waals surface area contributed by atoms with Crippen LogP contribution in [0.4, 0.5) is 10.5 Å². The zero-order valence-electron chi connectivity index (χ0n) is 10.5. The van der Waals surface area contributed by atoms with Crippen molar-refractivity contribution in [1.29, 1.82) is 0 Å². The second-order valence-electron chi connectivity index (χ2n) is 4.76. The summed E-state index contributed by atoms with van der Waals surface area (Å²) in [5, 5.41) is 0. The number of hydrogen-bond acceptors (Lipinski definition) is 2. The van der Waals surface area contributed by atoms with E-state index in [9.17, 15) is 4.79 Å². The highest BCUT2D eigenvalue weighted by atomic mass is 16.5. The first-order valence-corrected chi connectivity index (χ1v) is 6.20. The quantitative estimate of drug-likeness (QED) is 0.760. The Morgan fingerprint density at radius 3 is 2.61 bits per heavy atom. The first-order chi connectivity index (χ1) is 8.68. The molecular weight excluding hydrogens is 228 g/mol. The third kappa shape index (κ3) is 1.56. The molecule has 94 valence electrons. The molecule has 18 heavy (non-hydrogen) atoms. The number of nitrogens with zero attached hydrogens (tertiary/aromatic N) is 2. The Morgan fingerprint density at radius 2 is 1.89 bits per heavy atom. The number of carbonyl (C=O) groups is 1. The van der Waals surface area contributed by atoms with Crippen LogP contribution in [0.15, 0.2) is 42.3 Å². The lowest BCUT2D eigenvalue weighted by atomic mass is 10.1. The fourth-order valence-electron chi connectivity index (χ4n) is 2.48. The first-order valence-electron chi connectivity index (χ1n) is 6.20. The number of para-hydroxylation sites is 1. The minimum absolute atomic E-state index is 0.00352. The number of hydrogen-bond donors (Lipinski definition) is 0. The molecule has 4 nitrogen and oxygen atoms in total. The van der Waals surface area contributed by atoms with Crippen LogP contribution >= 0.6 is 0 Å². The van der Waals surface area contributed by atoms with Gasteiger partial charge in [-0.15, -0.1) is 0 Å². The third-order valence-electron chi connectivity index (χ3n) is 3.39. The van der Waals surface area contributed by atoms with E-state index >= 15 is 0 Å². The van der Waals surface area contributed by atoms with E-state index in [-0.39, 0.29) is 18.1 Å². The molecule has 0 aliphatic carbocycles. The second kappa shape index (κ2) is 4.05. The van der Waals surface area contributed by atoms with Crippen LogP contribution in [0.5, 0.6) is 0 Å². The third-order valence-corrected chi connectivity index (χ3v) is 3.39. The summed E-state index contributed by atoms with van der Waals surface area (Å²) in [7, 11) is 0. The Balaban J connectivity index is 2.00. The molecule has 1 saturated heterocycles. The van der Waals surface area contributed by atoms with Gasteiger partial charge in [-0.05, 0) is 32.1 Å². The molecule has 1 fully saturated rings. The summed E-state index contributed by atoms with van der Waals surface area (Å²) in [6.07, 6.45) is 2.00. The van der Waals surface area contributed by atoms with E-state index in [1.165, 1.54) is 0 Å². The van der Waals surface area contributed by atoms with Gasteiger partial charge in [-0.25, -0.2) is 4.79 Å². The van der Waals surface area contributed by atoms with Gasteiger partial charge in [-0.1, -0.05) is 18.2 Å². The lowest BCUT2D eigenvalue weighted by Crippen LogP contribution is -2.51. The van der Waals surface area contributed by atoms with E-state index in [2.05, 4.69) is 0 Å². The van der Waals surface area contributed by atoms with E-state index in [0.717, 1.165) is 5.69 Å². The van der Waals surface area contributed by atoms with Crippen LogP contribution in [0.3, 0.4) is 0 Å². The van der Waals surface area contributed by atoms with Gasteiger partial charge in [0.25, 0.3) is 0 Å². The fraction of sp³-hybridized carbons (Fsp3) is 0.357. The zero-order chi connectivity index (χ0) is 12.7. The number of carbonyl (C=O) groups excluding carboxylic acids is 1. The average molecular weight is 244 g/mol. The highest BCUT2D eigenvalue weighted by Crippen LogP contribution is 2.31. The van der Waals surface area contributed by atoms with Gasteiger partial charge in [-0.3, -0.25) is 9.80 Å². The molecular formula is C14H16N2O2. The van der Waals surface area contributed by atoms with Gasteiger partial charge in [0.2, 0.25) is 0 Å². The Labute approximate surface area is 106 Å². The summed E-state index contributed by atoms with van der Waals surface area (Å²) < 4.78 is 5.53. The zero-order valence-corrected chi connectivity index (χ0v) is 10.5. The summed E-state index contributed by atoms with van der Waals surface area (Å²) in [5.41, 5.74) is 0.921. The predicted octanol–water partition coefficient (Wildman–Crippen LogP) is 2.58. The highest BCUT2D eigenvalue weighted by Gasteiger charge is 2.40. The summed E-state index contributed by atoms with van der Waals surface area (Å²) in [6.45, 7) is 4.58. The minimum Gasteiger partial charge on any atom is -0.477 e. The molecule has 0 radical (unpaired) electrons. The van der Waals surface area contributed by atoms with Crippen LogP contribution in [-0.4, -0.2) is 29.6 Å². The summed E-state index contributed by atoms with van der Waals surface area (Å²) >= 11 is 0. The molecule has 1 aromatic rings. The maximum atomic E-state index is 12.6. The Hall–Kier alpha value is -1.97. The lowest BCUT2D eigenvalue weighted by Gasteiger charge is -2.36. The van der Waals surface area contributed by atoms with Crippen molar-refractivity contribution in [1.82, 2.24) is 4.90 Å². The van der Waals surface area contributed by atoms with Crippen molar-refractivity contribution in [3.63, 3.8) is 0 Å². The topological polar surface area (TPSA) is 32.8 Å². The molecule has 0 N–H and O–H groups in total. The second-order valence-corrected chi connectivity index (χ2v) is 4.76. The lowest BCUT2D eigenvalue weighted by molar-refractivity contribution is 0.196. The summed E-state index contributed by atoms with van der Waals surface area (Å²) in [6, 6.07) is 9.85. The summed E-state index contributed by atoms with van der Waals surface area (Å²) in [5.74, 6) is 0.701. The van der Waals surface area contributed by atoms with Gasteiger partial charge in [0, 0.05) is 5.69 Å². The number of amides is 2. The Kier molecular flexibility index (Phi) is 2.51. The van der Waals surface area contributed by atoms with E-state index in [1.54, 1.807) is 9.80 Å². The van der Waals surface area contributed by atoms with Crippen LogP contribution in [0.1, 0.15) is 13.8 Å². The maximum Gasteiger partial charge on any atom is 0.332 e. The van der Waals surface area contributed by atoms with Crippen molar-refractivity contribution in [3.05, 3.63) is 42.3 Å². The van der Waals surface area contributed by atoms with Crippen molar-refractivity contribution in [3.8, 4) is 0 Å². The van der Waals surface area contributed by atoms with Gasteiger partial charge in [0.15, 0.2) is 5.88 Å². The molecule has 4 heteroatoms. The van der Waals surface area contributed by atoms with Crippen molar-refractivity contribution in [2.75, 3.05) is 11.5 Å². The molecule has 0 bridgehead atoms. The van der Waals surface area contributed by atoms with Gasteiger partial charge in [0.1, 0.15) is 6.61 Å². The molecule has 0 spiro atoms. The molecule has 2 amide bonds. The molecule has 2 aliphatic heterocycles. The monoisotopic (exact) mass is 244 g/mol. The first kappa shape index (κ1) is 11.1. The molecule has 1 aromatic carbocycles. The molecule has 0 unspecified atom stereocenters. The maximum absolute atomic E-state index is 12.6. The number of ether oxygens (including phenoxy) is 1. The van der Waals surface area contributed by atoms with Crippen molar-refractivity contribution in [2.45, 2.75) is 25.9 Å². The SMILES string of the molecule is C[C@@H]1COC2=C[C@@H](C)N(c3ccccc3)C(=O)N21. The van der Waals surface area contributed by atoms with Crippen LogP contribution in [0.2, 0.25) is 0 Å². The highest BCUT2D eigenvalue weighted by molar-refractivity contribution is 5.95. The number of benzene rings is 1. The van der Waals surface area contributed by atoms with Crippen LogP contribution in [-0.2, 0) is 4.74 Å². The van der Waals surface area contributed by atoms with Crippen LogP contribution < -0.4 is 4.90 Å². The molecule has 2 atom stereocenters. The number of rotatable bonds is 1. The fourth-order valence-corrected chi connectivity index (χ4v) is 2.48. The van der Waals surface area contributed by atoms with E-state index < -0.39 is 0 Å². The van der Waals surface area contributed by atoms with Crippen molar-refractivity contribution < 1.29 is 9.53 Å². The van der Waals surface area contributed by atoms with E-state index in [4.69, 9.17) is 4.74 Å². The molecule has 2 heterocycles. The van der Waals surface area contributed by atoms with Gasteiger partial charge in [0.05, 0.1) is 12.1 Å². The normalized spacial score (nSPS) is 26.8. The molecule has 3 rings (SSSR count). The Bertz CT molecular complexity index is 498. The van der Waals surface area contributed by atoms with Crippen LogP contribution in [0, 0.1) is 0 Å². The Morgan fingerprint density at radius 1 is 1.17 bits per heavy atom. The standard InChI is InChI=1S/C14H16N2O2/c1-10-8-13-16(11(2)9-18-13)14(17)15(10)12-6-4-3-5-7-12/h3-8,10-11H,9H2,1-2H3/t10-,11-/m1/s1. The smallest absolute Gasteiger partial charge is 0.332 e. The van der Waals surface area contributed by atoms with E-state index in [0.29, 0.717) is 12.5 Å². The number of fused-ring (bicyclic) bond motifs is 1. The predicted molar refractivity (Wildman–Crippen MR) is 69.1 cm³/mol. The number of urea groups is 1. The molecule has 2 aliphatic rings. The van der Waals surface area contributed by atoms with Gasteiger partial charge >= 0.3 is 6.03 Å². The molecule has 0 aromatic heterocycles. The largest absolute Gasteiger partial charge is 0.477 e. The minimum atomic E-state index is -0.00352. The van der Waals surface area contributed by atoms with E-state index in [1.807, 2.05) is 50.3 Å². The van der Waals surface area contributed by atoms with Crippen molar-refractivity contribution in [2.24, 2.45) is 0 Å². The van der Waals surface area contributed by atoms with Crippen LogP contribution in [0.25, 0.3) is 0 Å². The van der Waals surface area contributed by atoms with Gasteiger partial charge < -0.3 is 4.74 Å². The van der Waals surface area contributed by atoms with Gasteiger partial charge in [-0.2, -0.15) is 0 Å². The molecule has 0 saturated carbocycles. The average Bonchev–Trinajstić information content (AvgIpc) is 2.72. The number of anilines is 1. The van der Waals surface area contributed by atoms with Crippen molar-refractivity contribution >= 4 is 11.7 Å². The summed E-state index contributed by atoms with van der Waals surface area (Å²) in [4.78, 5) is 16.1.